The summed E-state index contributed by atoms with van der Waals surface area (Å²) in [4.78, 5) is 4.70. The van der Waals surface area contributed by atoms with E-state index in [1.165, 1.54) is 12.1 Å². The Hall–Kier alpha value is -3.48. The van der Waals surface area contributed by atoms with Gasteiger partial charge in [0.15, 0.2) is 6.23 Å². The van der Waals surface area contributed by atoms with Crippen molar-refractivity contribution in [2.24, 2.45) is 5.10 Å². The molecule has 5 rings (SSSR count). The molecular formula is C25H31N7O4S. The molecule has 3 N–H and O–H groups in total. The summed E-state index contributed by atoms with van der Waals surface area (Å²) < 4.78 is 34.8. The number of sulfonamides is 1. The van der Waals surface area contributed by atoms with Gasteiger partial charge in [0, 0.05) is 43.4 Å². The van der Waals surface area contributed by atoms with E-state index in [0.717, 1.165) is 53.7 Å². The van der Waals surface area contributed by atoms with Crippen LogP contribution >= 0.6 is 0 Å². The standard InChI is InChI=1S/C25H31N7O4S/c1-26-22-14-21-20(15-28-22)25(16-4-10-19(11-5-16)37(34,35)27-2)30-32(21)17-6-8-18(9-7-17)36-23-12-13-24(33)31(3)29-23/h4-5,10-15,17-18,24,27,33H,6-9H2,1-3H3,(H,26,28). The lowest BCUT2D eigenvalue weighted by Crippen LogP contribution is -2.32. The topological polar surface area (TPSA) is 134 Å². The first-order valence-corrected chi connectivity index (χ1v) is 13.7. The second-order valence-electron chi connectivity index (χ2n) is 9.19. The Labute approximate surface area is 215 Å². The van der Waals surface area contributed by atoms with Crippen molar-refractivity contribution in [3.05, 3.63) is 48.7 Å². The van der Waals surface area contributed by atoms with E-state index in [1.807, 2.05) is 19.3 Å². The number of aliphatic hydroxyl groups is 1. The van der Waals surface area contributed by atoms with Crippen LogP contribution in [0, 0.1) is 0 Å². The molecule has 0 radical (unpaired) electrons. The van der Waals surface area contributed by atoms with Gasteiger partial charge in [0.05, 0.1) is 16.5 Å². The van der Waals surface area contributed by atoms with E-state index in [9.17, 15) is 13.5 Å². The minimum atomic E-state index is -3.52. The zero-order chi connectivity index (χ0) is 26.2. The zero-order valence-corrected chi connectivity index (χ0v) is 21.8. The molecule has 1 aromatic carbocycles. The molecule has 1 aliphatic heterocycles. The van der Waals surface area contributed by atoms with Crippen LogP contribution in [-0.2, 0) is 14.8 Å². The van der Waals surface area contributed by atoms with Crippen LogP contribution in [0.5, 0.6) is 0 Å². The monoisotopic (exact) mass is 525 g/mol. The molecule has 2 aromatic heterocycles. The third-order valence-electron chi connectivity index (χ3n) is 6.88. The molecule has 196 valence electrons. The summed E-state index contributed by atoms with van der Waals surface area (Å²) in [5.41, 5.74) is 2.56. The van der Waals surface area contributed by atoms with Crippen molar-refractivity contribution in [3.8, 4) is 11.3 Å². The van der Waals surface area contributed by atoms with E-state index in [0.29, 0.717) is 5.90 Å². The number of pyridine rings is 1. The molecule has 1 unspecified atom stereocenters. The van der Waals surface area contributed by atoms with Crippen LogP contribution in [-0.4, -0.2) is 72.7 Å². The van der Waals surface area contributed by atoms with Gasteiger partial charge in [-0.25, -0.2) is 18.1 Å². The average molecular weight is 526 g/mol. The number of nitrogens with zero attached hydrogens (tertiary/aromatic N) is 5. The van der Waals surface area contributed by atoms with Gasteiger partial charge < -0.3 is 15.2 Å². The number of ether oxygens (including phenoxy) is 1. The molecule has 1 saturated carbocycles. The second kappa shape index (κ2) is 10.1. The fourth-order valence-corrected chi connectivity index (χ4v) is 5.48. The van der Waals surface area contributed by atoms with Crippen molar-refractivity contribution in [2.75, 3.05) is 26.5 Å². The fraction of sp³-hybridized carbons (Fsp3) is 0.400. The van der Waals surface area contributed by atoms with Gasteiger partial charge in [0.2, 0.25) is 15.9 Å². The van der Waals surface area contributed by atoms with E-state index in [2.05, 4.69) is 24.8 Å². The largest absolute Gasteiger partial charge is 0.473 e. The summed E-state index contributed by atoms with van der Waals surface area (Å²) in [6.07, 6.45) is 7.95. The summed E-state index contributed by atoms with van der Waals surface area (Å²) in [6.45, 7) is 0. The highest BCUT2D eigenvalue weighted by Gasteiger charge is 2.28. The highest BCUT2D eigenvalue weighted by Crippen LogP contribution is 2.36. The molecular weight excluding hydrogens is 494 g/mol. The maximum atomic E-state index is 12.1. The van der Waals surface area contributed by atoms with E-state index in [-0.39, 0.29) is 17.0 Å². The Morgan fingerprint density at radius 2 is 1.84 bits per heavy atom. The number of benzene rings is 1. The van der Waals surface area contributed by atoms with Gasteiger partial charge in [0.25, 0.3) is 0 Å². The number of aliphatic hydroxyl groups excluding tert-OH is 1. The molecule has 37 heavy (non-hydrogen) atoms. The van der Waals surface area contributed by atoms with Crippen LogP contribution in [0.2, 0.25) is 0 Å². The Morgan fingerprint density at radius 1 is 1.11 bits per heavy atom. The summed E-state index contributed by atoms with van der Waals surface area (Å²) in [7, 11) is 1.41. The molecule has 2 aliphatic rings. The van der Waals surface area contributed by atoms with Crippen LogP contribution in [0.4, 0.5) is 5.82 Å². The summed E-state index contributed by atoms with van der Waals surface area (Å²) >= 11 is 0. The molecule has 0 saturated heterocycles. The van der Waals surface area contributed by atoms with Gasteiger partial charge in [-0.15, -0.1) is 5.10 Å². The average Bonchev–Trinajstić information content (AvgIpc) is 3.30. The molecule has 0 amide bonds. The van der Waals surface area contributed by atoms with Crippen molar-refractivity contribution in [1.82, 2.24) is 24.5 Å². The van der Waals surface area contributed by atoms with Gasteiger partial charge in [-0.1, -0.05) is 12.1 Å². The maximum absolute atomic E-state index is 12.1. The molecule has 1 fully saturated rings. The van der Waals surface area contributed by atoms with Gasteiger partial charge >= 0.3 is 0 Å². The second-order valence-corrected chi connectivity index (χ2v) is 11.1. The predicted octanol–water partition coefficient (Wildman–Crippen LogP) is 2.68. The van der Waals surface area contributed by atoms with E-state index < -0.39 is 16.3 Å². The predicted molar refractivity (Wildman–Crippen MR) is 141 cm³/mol. The van der Waals surface area contributed by atoms with E-state index in [4.69, 9.17) is 9.84 Å². The van der Waals surface area contributed by atoms with Crippen LogP contribution in [0.15, 0.2) is 58.7 Å². The number of hydrogen-bond acceptors (Lipinski definition) is 9. The van der Waals surface area contributed by atoms with Crippen molar-refractivity contribution in [2.45, 2.75) is 49.0 Å². The molecule has 12 heteroatoms. The molecule has 11 nitrogen and oxygen atoms in total. The van der Waals surface area contributed by atoms with Crippen LogP contribution in [0.25, 0.3) is 22.2 Å². The molecule has 3 aromatic rings. The summed E-state index contributed by atoms with van der Waals surface area (Å²) in [5.74, 6) is 1.26. The first kappa shape index (κ1) is 25.2. The number of nitrogens with one attached hydrogen (secondary N) is 2. The maximum Gasteiger partial charge on any atom is 0.240 e. The zero-order valence-electron chi connectivity index (χ0n) is 21.0. The summed E-state index contributed by atoms with van der Waals surface area (Å²) in [6, 6.07) is 8.90. The molecule has 1 atom stereocenters. The lowest BCUT2D eigenvalue weighted by molar-refractivity contribution is 0.0532. The highest BCUT2D eigenvalue weighted by molar-refractivity contribution is 7.89. The fourth-order valence-electron chi connectivity index (χ4n) is 4.75. The van der Waals surface area contributed by atoms with Crippen LogP contribution in [0.3, 0.4) is 0 Å². The number of likely N-dealkylation sites (N-methyl/N-ethyl adjacent to an activating group) is 1. The minimum absolute atomic E-state index is 0.0424. The first-order valence-electron chi connectivity index (χ1n) is 12.2. The third-order valence-corrected chi connectivity index (χ3v) is 8.31. The number of anilines is 1. The Bertz CT molecular complexity index is 1440. The first-order chi connectivity index (χ1) is 17.8. The van der Waals surface area contributed by atoms with E-state index >= 15 is 0 Å². The van der Waals surface area contributed by atoms with Crippen LogP contribution < -0.4 is 10.0 Å². The molecule has 3 heterocycles. The molecule has 0 spiro atoms. The highest BCUT2D eigenvalue weighted by atomic mass is 32.2. The lowest BCUT2D eigenvalue weighted by Gasteiger charge is -2.30. The SMILES string of the molecule is CNc1cc2c(cn1)c(-c1ccc(S(=O)(=O)NC)cc1)nn2C1CCC(OC2=NN(C)C(O)C=C2)CC1. The van der Waals surface area contributed by atoms with E-state index in [1.54, 1.807) is 43.5 Å². The van der Waals surface area contributed by atoms with Crippen molar-refractivity contribution >= 4 is 32.6 Å². The quantitative estimate of drug-likeness (QED) is 0.447. The lowest BCUT2D eigenvalue weighted by atomic mass is 9.93. The smallest absolute Gasteiger partial charge is 0.240 e. The van der Waals surface area contributed by atoms with Crippen molar-refractivity contribution in [3.63, 3.8) is 0 Å². The molecule has 1 aliphatic carbocycles. The van der Waals surface area contributed by atoms with Gasteiger partial charge in [-0.05, 0) is 50.9 Å². The van der Waals surface area contributed by atoms with Crippen LogP contribution in [0.1, 0.15) is 31.7 Å². The third kappa shape index (κ3) is 5.04. The number of aromatic nitrogens is 3. The Morgan fingerprint density at radius 3 is 2.49 bits per heavy atom. The van der Waals surface area contributed by atoms with Crippen molar-refractivity contribution in [1.29, 1.82) is 0 Å². The van der Waals surface area contributed by atoms with Gasteiger partial charge in [-0.3, -0.25) is 9.69 Å². The summed E-state index contributed by atoms with van der Waals surface area (Å²) in [5, 5.41) is 24.5. The van der Waals surface area contributed by atoms with Gasteiger partial charge in [-0.2, -0.15) is 5.10 Å². The number of hydrazone groups is 1. The number of fused-ring (bicyclic) bond motifs is 1. The Kier molecular flexibility index (Phi) is 6.88. The molecule has 0 bridgehead atoms. The van der Waals surface area contributed by atoms with Gasteiger partial charge in [0.1, 0.15) is 17.6 Å². The number of hydrogen-bond donors (Lipinski definition) is 3. The Balaban J connectivity index is 1.40. The van der Waals surface area contributed by atoms with Crippen molar-refractivity contribution < 1.29 is 18.3 Å². The number of rotatable bonds is 6. The normalized spacial score (nSPS) is 22.2. The minimum Gasteiger partial charge on any atom is -0.473 e.